The summed E-state index contributed by atoms with van der Waals surface area (Å²) < 4.78 is 5.40. The summed E-state index contributed by atoms with van der Waals surface area (Å²) in [6.07, 6.45) is 4.04. The van der Waals surface area contributed by atoms with Gasteiger partial charge in [-0.05, 0) is 68.3 Å². The number of esters is 1. The molecule has 0 aliphatic carbocycles. The number of phenolic OH excluding ortho intramolecular Hbond substituents is 1. The van der Waals surface area contributed by atoms with Crippen molar-refractivity contribution in [2.24, 2.45) is 0 Å². The number of thioether (sulfide) groups is 1. The van der Waals surface area contributed by atoms with Crippen molar-refractivity contribution in [1.82, 2.24) is 4.90 Å². The molecular weight excluding hydrogens is 508 g/mol. The Morgan fingerprint density at radius 2 is 1.91 bits per heavy atom. The molecule has 2 aromatic carbocycles. The van der Waals surface area contributed by atoms with E-state index in [4.69, 9.17) is 28.6 Å². The third-order valence-electron chi connectivity index (χ3n) is 5.12. The summed E-state index contributed by atoms with van der Waals surface area (Å²) in [6.45, 7) is 2.51. The standard InChI is InChI=1S/C25H25ClN2O5S2/c1-2-33-24(32)16-7-10-19(11-8-16)27-22(30)6-4-3-5-13-28-23(31)21(35-25(28)34)15-17-14-18(26)9-12-20(17)29/h7-12,14-15,29H,2-6,13H2,1H3,(H,27,30)/b21-15-. The summed E-state index contributed by atoms with van der Waals surface area (Å²) in [7, 11) is 0. The monoisotopic (exact) mass is 532 g/mol. The van der Waals surface area contributed by atoms with Gasteiger partial charge in [0.15, 0.2) is 0 Å². The Balaban J connectivity index is 1.41. The molecule has 1 aliphatic rings. The van der Waals surface area contributed by atoms with Gasteiger partial charge in [0.1, 0.15) is 10.1 Å². The van der Waals surface area contributed by atoms with Gasteiger partial charge in [-0.3, -0.25) is 14.5 Å². The molecule has 2 amide bonds. The minimum atomic E-state index is -0.398. The van der Waals surface area contributed by atoms with Crippen molar-refractivity contribution in [3.8, 4) is 5.75 Å². The van der Waals surface area contributed by atoms with E-state index < -0.39 is 5.97 Å². The number of amides is 2. The van der Waals surface area contributed by atoms with Crippen molar-refractivity contribution in [3.63, 3.8) is 0 Å². The lowest BCUT2D eigenvalue weighted by Crippen LogP contribution is -2.29. The number of hydrogen-bond donors (Lipinski definition) is 2. The zero-order chi connectivity index (χ0) is 25.4. The van der Waals surface area contributed by atoms with Crippen LogP contribution in [0.1, 0.15) is 48.5 Å². The molecule has 2 aromatic rings. The first-order valence-electron chi connectivity index (χ1n) is 11.1. The van der Waals surface area contributed by atoms with E-state index in [9.17, 15) is 19.5 Å². The third kappa shape index (κ3) is 7.55. The molecule has 0 atom stereocenters. The molecule has 7 nitrogen and oxygen atoms in total. The van der Waals surface area contributed by atoms with E-state index in [1.54, 1.807) is 54.3 Å². The second kappa shape index (κ2) is 12.7. The Hall–Kier alpha value is -2.88. The van der Waals surface area contributed by atoms with E-state index in [1.807, 2.05) is 0 Å². The van der Waals surface area contributed by atoms with Crippen molar-refractivity contribution >= 4 is 69.4 Å². The fourth-order valence-corrected chi connectivity index (χ4v) is 4.81. The van der Waals surface area contributed by atoms with Gasteiger partial charge in [0.25, 0.3) is 5.91 Å². The molecule has 0 aromatic heterocycles. The van der Waals surface area contributed by atoms with E-state index in [0.717, 1.165) is 6.42 Å². The molecule has 1 aliphatic heterocycles. The molecule has 2 N–H and O–H groups in total. The van der Waals surface area contributed by atoms with Crippen molar-refractivity contribution in [3.05, 3.63) is 63.5 Å². The molecule has 0 bridgehead atoms. The molecule has 1 heterocycles. The first-order chi connectivity index (χ1) is 16.8. The maximum Gasteiger partial charge on any atom is 0.338 e. The summed E-state index contributed by atoms with van der Waals surface area (Å²) in [5, 5.41) is 13.3. The fourth-order valence-electron chi connectivity index (χ4n) is 3.33. The first kappa shape index (κ1) is 26.7. The highest BCUT2D eigenvalue weighted by molar-refractivity contribution is 8.26. The number of hydrogen-bond acceptors (Lipinski definition) is 7. The predicted octanol–water partition coefficient (Wildman–Crippen LogP) is 5.62. The Morgan fingerprint density at radius 1 is 1.17 bits per heavy atom. The summed E-state index contributed by atoms with van der Waals surface area (Å²) in [4.78, 5) is 38.6. The second-order valence-corrected chi connectivity index (χ2v) is 9.81. The quantitative estimate of drug-likeness (QED) is 0.177. The highest BCUT2D eigenvalue weighted by Gasteiger charge is 2.31. The number of nitrogens with one attached hydrogen (secondary N) is 1. The molecule has 0 unspecified atom stereocenters. The highest BCUT2D eigenvalue weighted by atomic mass is 35.5. The average Bonchev–Trinajstić information content (AvgIpc) is 3.09. The van der Waals surface area contributed by atoms with Gasteiger partial charge in [0.2, 0.25) is 5.91 Å². The molecule has 1 fully saturated rings. The van der Waals surface area contributed by atoms with Gasteiger partial charge in [-0.25, -0.2) is 4.79 Å². The maximum absolute atomic E-state index is 12.7. The van der Waals surface area contributed by atoms with Crippen LogP contribution in [0, 0.1) is 0 Å². The normalized spacial score (nSPS) is 14.5. The van der Waals surface area contributed by atoms with E-state index in [0.29, 0.717) is 63.5 Å². The lowest BCUT2D eigenvalue weighted by molar-refractivity contribution is -0.122. The summed E-state index contributed by atoms with van der Waals surface area (Å²) >= 11 is 12.5. The number of carbonyl (C=O) groups excluding carboxylic acids is 3. The SMILES string of the molecule is CCOC(=O)c1ccc(NC(=O)CCCCCN2C(=O)/C(=C/c3cc(Cl)ccc3O)SC2=S)cc1. The maximum atomic E-state index is 12.7. The summed E-state index contributed by atoms with van der Waals surface area (Å²) in [5.74, 6) is -0.690. The molecule has 3 rings (SSSR count). The molecule has 35 heavy (non-hydrogen) atoms. The lowest BCUT2D eigenvalue weighted by Gasteiger charge is -2.14. The van der Waals surface area contributed by atoms with E-state index in [-0.39, 0.29) is 17.6 Å². The molecule has 0 saturated carbocycles. The number of thiocarbonyl (C=S) groups is 1. The Labute approximate surface area is 218 Å². The molecule has 184 valence electrons. The number of phenols is 1. The number of anilines is 1. The fraction of sp³-hybridized carbons (Fsp3) is 0.280. The summed E-state index contributed by atoms with van der Waals surface area (Å²) in [5.41, 5.74) is 1.50. The van der Waals surface area contributed by atoms with Gasteiger partial charge in [0, 0.05) is 29.2 Å². The van der Waals surface area contributed by atoms with Gasteiger partial charge in [-0.2, -0.15) is 0 Å². The van der Waals surface area contributed by atoms with Crippen LogP contribution in [0.2, 0.25) is 5.02 Å². The number of unbranched alkanes of at least 4 members (excludes halogenated alkanes) is 2. The summed E-state index contributed by atoms with van der Waals surface area (Å²) in [6, 6.07) is 11.2. The predicted molar refractivity (Wildman–Crippen MR) is 142 cm³/mol. The smallest absolute Gasteiger partial charge is 0.338 e. The zero-order valence-corrected chi connectivity index (χ0v) is 21.5. The number of rotatable bonds is 10. The molecule has 0 spiro atoms. The van der Waals surface area contributed by atoms with Crippen LogP contribution in [0.4, 0.5) is 5.69 Å². The van der Waals surface area contributed by atoms with Crippen LogP contribution in [-0.4, -0.2) is 45.3 Å². The number of aromatic hydroxyl groups is 1. The minimum Gasteiger partial charge on any atom is -0.507 e. The Kier molecular flexibility index (Phi) is 9.71. The van der Waals surface area contributed by atoms with Crippen LogP contribution >= 0.6 is 35.6 Å². The Morgan fingerprint density at radius 3 is 2.63 bits per heavy atom. The van der Waals surface area contributed by atoms with Crippen molar-refractivity contribution < 1.29 is 24.2 Å². The molecule has 1 saturated heterocycles. The van der Waals surface area contributed by atoms with Gasteiger partial charge < -0.3 is 15.2 Å². The number of carbonyl (C=O) groups is 3. The van der Waals surface area contributed by atoms with Crippen LogP contribution in [0.5, 0.6) is 5.75 Å². The highest BCUT2D eigenvalue weighted by Crippen LogP contribution is 2.35. The molecule has 0 radical (unpaired) electrons. The first-order valence-corrected chi connectivity index (χ1v) is 12.7. The topological polar surface area (TPSA) is 95.9 Å². The van der Waals surface area contributed by atoms with Crippen molar-refractivity contribution in [2.45, 2.75) is 32.6 Å². The van der Waals surface area contributed by atoms with Crippen LogP contribution in [0.15, 0.2) is 47.4 Å². The zero-order valence-electron chi connectivity index (χ0n) is 19.1. The van der Waals surface area contributed by atoms with E-state index >= 15 is 0 Å². The molecule has 10 heteroatoms. The van der Waals surface area contributed by atoms with Gasteiger partial charge in [-0.1, -0.05) is 42.0 Å². The van der Waals surface area contributed by atoms with E-state index in [1.165, 1.54) is 17.8 Å². The van der Waals surface area contributed by atoms with Gasteiger partial charge in [-0.15, -0.1) is 0 Å². The van der Waals surface area contributed by atoms with Crippen LogP contribution in [0.25, 0.3) is 6.08 Å². The number of ether oxygens (including phenoxy) is 1. The van der Waals surface area contributed by atoms with Crippen LogP contribution in [0.3, 0.4) is 0 Å². The third-order valence-corrected chi connectivity index (χ3v) is 6.73. The second-order valence-electron chi connectivity index (χ2n) is 7.69. The van der Waals surface area contributed by atoms with Crippen LogP contribution < -0.4 is 5.32 Å². The van der Waals surface area contributed by atoms with E-state index in [2.05, 4.69) is 5.32 Å². The number of nitrogens with zero attached hydrogens (tertiary/aromatic N) is 1. The number of benzene rings is 2. The van der Waals surface area contributed by atoms with Crippen LogP contribution in [-0.2, 0) is 14.3 Å². The van der Waals surface area contributed by atoms with Crippen molar-refractivity contribution in [1.29, 1.82) is 0 Å². The number of halogens is 1. The van der Waals surface area contributed by atoms with Gasteiger partial charge >= 0.3 is 5.97 Å². The average molecular weight is 533 g/mol. The van der Waals surface area contributed by atoms with Crippen molar-refractivity contribution in [2.75, 3.05) is 18.5 Å². The molecular formula is C25H25ClN2O5S2. The minimum absolute atomic E-state index is 0.0351. The largest absolute Gasteiger partial charge is 0.507 e. The Bertz CT molecular complexity index is 1150. The van der Waals surface area contributed by atoms with Gasteiger partial charge in [0.05, 0.1) is 17.1 Å². The lowest BCUT2D eigenvalue weighted by atomic mass is 10.1.